The van der Waals surface area contributed by atoms with E-state index in [9.17, 15) is 9.90 Å². The van der Waals surface area contributed by atoms with Gasteiger partial charge in [-0.2, -0.15) is 0 Å². The normalized spacial score (nSPS) is 13.6. The number of carbonyl (C=O) groups excluding carboxylic acids is 1. The minimum Gasteiger partial charge on any atom is -0.469 e. The van der Waals surface area contributed by atoms with E-state index in [0.717, 1.165) is 51.4 Å². The lowest BCUT2D eigenvalue weighted by molar-refractivity contribution is -0.140. The van der Waals surface area contributed by atoms with E-state index in [0.29, 0.717) is 6.42 Å². The molecule has 0 aliphatic carbocycles. The van der Waals surface area contributed by atoms with Gasteiger partial charge in [0.05, 0.1) is 13.2 Å². The predicted octanol–water partition coefficient (Wildman–Crippen LogP) is 5.28. The monoisotopic (exact) mass is 334 g/mol. The third-order valence-electron chi connectivity index (χ3n) is 3.61. The van der Waals surface area contributed by atoms with Gasteiger partial charge in [-0.1, -0.05) is 55.5 Å². The number of rotatable bonds is 14. The van der Waals surface area contributed by atoms with E-state index in [2.05, 4.69) is 53.3 Å². The summed E-state index contributed by atoms with van der Waals surface area (Å²) < 4.78 is 4.59. The van der Waals surface area contributed by atoms with Crippen LogP contribution in [0.15, 0.2) is 48.6 Å². The summed E-state index contributed by atoms with van der Waals surface area (Å²) in [6.45, 7) is 2.01. The minimum atomic E-state index is -0.151. The van der Waals surface area contributed by atoms with Crippen molar-refractivity contribution < 1.29 is 14.6 Å². The number of aliphatic hydroxyl groups excluding tert-OH is 1. The Hall–Kier alpha value is -1.61. The summed E-state index contributed by atoms with van der Waals surface area (Å²) in [4.78, 5) is 10.9. The molecule has 0 radical (unpaired) electrons. The largest absolute Gasteiger partial charge is 0.469 e. The van der Waals surface area contributed by atoms with Crippen molar-refractivity contribution in [2.75, 3.05) is 7.11 Å². The van der Waals surface area contributed by atoms with E-state index < -0.39 is 0 Å². The van der Waals surface area contributed by atoms with E-state index in [4.69, 9.17) is 0 Å². The van der Waals surface area contributed by atoms with E-state index in [-0.39, 0.29) is 12.1 Å². The maximum absolute atomic E-state index is 10.9. The van der Waals surface area contributed by atoms with Gasteiger partial charge in [-0.3, -0.25) is 4.79 Å². The number of unbranched alkanes of at least 4 members (excludes halogenated alkanes) is 2. The highest BCUT2D eigenvalue weighted by Crippen LogP contribution is 2.03. The van der Waals surface area contributed by atoms with Crippen LogP contribution in [0.4, 0.5) is 0 Å². The second kappa shape index (κ2) is 17.7. The SMILES string of the molecule is CC[C@@H](O)CC/C=C\CC/C=C\C=C/C/C=C\CCCC(=O)OC. The molecule has 24 heavy (non-hydrogen) atoms. The molecule has 3 heteroatoms. The van der Waals surface area contributed by atoms with E-state index in [1.165, 1.54) is 7.11 Å². The maximum atomic E-state index is 10.9. The van der Waals surface area contributed by atoms with Crippen molar-refractivity contribution in [2.24, 2.45) is 0 Å². The standard InChI is InChI=1S/C21H34O3/c1-3-20(22)18-16-14-12-10-8-6-4-5-7-9-11-13-15-17-19-21(23)24-2/h4-7,11-14,20,22H,3,8-10,15-19H2,1-2H3/b6-4-,7-5-,13-11-,14-12-/t20-/m1/s1. The fourth-order valence-electron chi connectivity index (χ4n) is 2.01. The highest BCUT2D eigenvalue weighted by molar-refractivity contribution is 5.69. The molecule has 0 saturated carbocycles. The van der Waals surface area contributed by atoms with Crippen LogP contribution in [0.3, 0.4) is 0 Å². The predicted molar refractivity (Wildman–Crippen MR) is 102 cm³/mol. The number of aliphatic hydroxyl groups is 1. The van der Waals surface area contributed by atoms with Crippen molar-refractivity contribution in [1.29, 1.82) is 0 Å². The summed E-state index contributed by atoms with van der Waals surface area (Å²) >= 11 is 0. The second-order valence-electron chi connectivity index (χ2n) is 5.72. The molecule has 0 rings (SSSR count). The Morgan fingerprint density at radius 3 is 2.38 bits per heavy atom. The molecule has 1 atom stereocenters. The first-order chi connectivity index (χ1) is 11.7. The van der Waals surface area contributed by atoms with Crippen LogP contribution in [0.1, 0.15) is 64.7 Å². The van der Waals surface area contributed by atoms with Gasteiger partial charge in [0.2, 0.25) is 0 Å². The Balaban J connectivity index is 3.48. The Labute approximate surface area is 147 Å². The van der Waals surface area contributed by atoms with Crippen molar-refractivity contribution in [1.82, 2.24) is 0 Å². The van der Waals surface area contributed by atoms with Crippen LogP contribution in [-0.2, 0) is 9.53 Å². The van der Waals surface area contributed by atoms with Crippen molar-refractivity contribution in [3.63, 3.8) is 0 Å². The van der Waals surface area contributed by atoms with Crippen LogP contribution in [0.2, 0.25) is 0 Å². The molecule has 0 aliphatic heterocycles. The first-order valence-electron chi connectivity index (χ1n) is 9.07. The molecule has 1 N–H and O–H groups in total. The van der Waals surface area contributed by atoms with Crippen molar-refractivity contribution >= 4 is 5.97 Å². The van der Waals surface area contributed by atoms with Gasteiger partial charge >= 0.3 is 5.97 Å². The molecule has 0 bridgehead atoms. The molecule has 0 amide bonds. The van der Waals surface area contributed by atoms with Gasteiger partial charge in [0.25, 0.3) is 0 Å². The summed E-state index contributed by atoms with van der Waals surface area (Å²) in [5.41, 5.74) is 0. The van der Waals surface area contributed by atoms with E-state index in [1.807, 2.05) is 6.92 Å². The van der Waals surface area contributed by atoms with Crippen molar-refractivity contribution in [3.05, 3.63) is 48.6 Å². The van der Waals surface area contributed by atoms with Gasteiger partial charge in [-0.15, -0.1) is 0 Å². The third-order valence-corrected chi connectivity index (χ3v) is 3.61. The smallest absolute Gasteiger partial charge is 0.305 e. The van der Waals surface area contributed by atoms with Crippen LogP contribution in [0.25, 0.3) is 0 Å². The topological polar surface area (TPSA) is 46.5 Å². The van der Waals surface area contributed by atoms with Crippen molar-refractivity contribution in [3.8, 4) is 0 Å². The molecular weight excluding hydrogens is 300 g/mol. The summed E-state index contributed by atoms with van der Waals surface area (Å²) in [6, 6.07) is 0. The highest BCUT2D eigenvalue weighted by atomic mass is 16.5. The van der Waals surface area contributed by atoms with Gasteiger partial charge in [-0.05, 0) is 51.4 Å². The second-order valence-corrected chi connectivity index (χ2v) is 5.72. The number of methoxy groups -OCH3 is 1. The first-order valence-corrected chi connectivity index (χ1v) is 9.07. The number of hydrogen-bond donors (Lipinski definition) is 1. The Morgan fingerprint density at radius 1 is 0.958 bits per heavy atom. The minimum absolute atomic E-state index is 0.137. The fraction of sp³-hybridized carbons (Fsp3) is 0.571. The number of hydrogen-bond acceptors (Lipinski definition) is 3. The van der Waals surface area contributed by atoms with Crippen molar-refractivity contribution in [2.45, 2.75) is 70.8 Å². The molecule has 0 aliphatic rings. The summed E-state index contributed by atoms with van der Waals surface area (Å²) in [6.07, 6.45) is 24.8. The molecule has 0 aromatic carbocycles. The van der Waals surface area contributed by atoms with Crippen LogP contribution >= 0.6 is 0 Å². The number of esters is 1. The van der Waals surface area contributed by atoms with E-state index in [1.54, 1.807) is 0 Å². The zero-order valence-corrected chi connectivity index (χ0v) is 15.3. The van der Waals surface area contributed by atoms with Crippen LogP contribution in [0, 0.1) is 0 Å². The fourth-order valence-corrected chi connectivity index (χ4v) is 2.01. The van der Waals surface area contributed by atoms with Gasteiger partial charge in [-0.25, -0.2) is 0 Å². The van der Waals surface area contributed by atoms with Gasteiger partial charge in [0.15, 0.2) is 0 Å². The van der Waals surface area contributed by atoms with Crippen LogP contribution in [-0.4, -0.2) is 24.3 Å². The zero-order chi connectivity index (χ0) is 17.9. The lowest BCUT2D eigenvalue weighted by Gasteiger charge is -2.03. The van der Waals surface area contributed by atoms with Gasteiger partial charge < -0.3 is 9.84 Å². The quantitative estimate of drug-likeness (QED) is 0.203. The first kappa shape index (κ1) is 22.4. The molecule has 0 fully saturated rings. The van der Waals surface area contributed by atoms with Gasteiger partial charge in [0, 0.05) is 6.42 Å². The van der Waals surface area contributed by atoms with Crippen LogP contribution in [0.5, 0.6) is 0 Å². The molecule has 0 heterocycles. The van der Waals surface area contributed by atoms with E-state index >= 15 is 0 Å². The maximum Gasteiger partial charge on any atom is 0.305 e. The molecule has 0 aromatic heterocycles. The Bertz CT molecular complexity index is 405. The number of carbonyl (C=O) groups is 1. The molecule has 0 spiro atoms. The Morgan fingerprint density at radius 2 is 1.62 bits per heavy atom. The molecule has 136 valence electrons. The lowest BCUT2D eigenvalue weighted by Crippen LogP contribution is -2.02. The molecule has 0 aromatic rings. The summed E-state index contributed by atoms with van der Waals surface area (Å²) in [7, 11) is 1.42. The van der Waals surface area contributed by atoms with Crippen LogP contribution < -0.4 is 0 Å². The zero-order valence-electron chi connectivity index (χ0n) is 15.3. The average Bonchev–Trinajstić information content (AvgIpc) is 2.60. The molecule has 0 unspecified atom stereocenters. The Kier molecular flexibility index (Phi) is 16.5. The third kappa shape index (κ3) is 16.8. The summed E-state index contributed by atoms with van der Waals surface area (Å²) in [5, 5.41) is 9.42. The molecule has 0 saturated heterocycles. The average molecular weight is 335 g/mol. The van der Waals surface area contributed by atoms with Gasteiger partial charge in [0.1, 0.15) is 0 Å². The number of allylic oxidation sites excluding steroid dienone is 8. The molecular formula is C21H34O3. The lowest BCUT2D eigenvalue weighted by atomic mass is 10.1. The number of ether oxygens (including phenoxy) is 1. The highest BCUT2D eigenvalue weighted by Gasteiger charge is 1.97. The summed E-state index contributed by atoms with van der Waals surface area (Å²) in [5.74, 6) is -0.137. The molecule has 3 nitrogen and oxygen atoms in total.